The van der Waals surface area contributed by atoms with Crippen LogP contribution in [0.3, 0.4) is 0 Å². The van der Waals surface area contributed by atoms with Gasteiger partial charge in [0.25, 0.3) is 5.79 Å². The Morgan fingerprint density at radius 3 is 1.10 bits per heavy atom. The van der Waals surface area contributed by atoms with Gasteiger partial charge in [0.1, 0.15) is 67.1 Å². The maximum absolute atomic E-state index is 13.6. The maximum atomic E-state index is 13.6. The minimum absolute atomic E-state index is 0.230. The van der Waals surface area contributed by atoms with Gasteiger partial charge < -0.3 is 100 Å². The minimum atomic E-state index is -3.08. The van der Waals surface area contributed by atoms with Gasteiger partial charge in [-0.3, -0.25) is 9.59 Å². The first kappa shape index (κ1) is 106. The van der Waals surface area contributed by atoms with Gasteiger partial charge in [0.15, 0.2) is 12.6 Å². The number of ether oxygens (including phenoxy) is 6. The van der Waals surface area contributed by atoms with Crippen LogP contribution in [0.25, 0.3) is 0 Å². The third-order valence-electron chi connectivity index (χ3n) is 24.3. The van der Waals surface area contributed by atoms with Crippen LogP contribution in [-0.2, 0) is 42.8 Å². The standard InChI is InChI=1S/C91H174N2O21/c1-4-6-8-10-12-14-16-18-20-22-24-26-28-29-30-31-32-33-34-35-36-37-38-39-40-41-43-45-47-49-51-53-55-57-59-61-63-65-78(101)93-72(73(98)64-62-60-58-56-54-52-50-48-46-44-42-27-25-23-21-19-17-15-13-11-9-7-5-2)70-109-88-83(105)82(104)85(77(69-96)111-88)112-89-84(106)87(81(103)76(68-95)110-89)114-91(90(107)108)66-74(99)79(92-71(3)97)86(113-91)80(102)75(100)67-94/h72-77,79-89,94-96,98-100,102-106H,4-70H2,1-3H3,(H,92,97)(H,93,101)(H,107,108). The summed E-state index contributed by atoms with van der Waals surface area (Å²) in [5, 5.41) is 137. The second-order valence-electron chi connectivity index (χ2n) is 34.6. The van der Waals surface area contributed by atoms with Gasteiger partial charge in [0.2, 0.25) is 11.8 Å². The number of carbonyl (C=O) groups excluding carboxylic acids is 2. The molecule has 0 bridgehead atoms. The number of rotatable bonds is 78. The summed E-state index contributed by atoms with van der Waals surface area (Å²) in [4.78, 5) is 38.8. The van der Waals surface area contributed by atoms with Crippen molar-refractivity contribution in [3.8, 4) is 0 Å². The predicted octanol–water partition coefficient (Wildman–Crippen LogP) is 15.9. The second-order valence-corrected chi connectivity index (χ2v) is 34.6. The van der Waals surface area contributed by atoms with Crippen LogP contribution in [0.15, 0.2) is 0 Å². The van der Waals surface area contributed by atoms with Crippen LogP contribution in [-0.4, -0.2) is 215 Å². The summed E-state index contributed by atoms with van der Waals surface area (Å²) in [7, 11) is 0. The Labute approximate surface area is 690 Å². The number of aliphatic carboxylic acids is 1. The second kappa shape index (κ2) is 69.3. The predicted molar refractivity (Wildman–Crippen MR) is 449 cm³/mol. The summed E-state index contributed by atoms with van der Waals surface area (Å²) in [6.07, 6.45) is 49.8. The average molecular weight is 1630 g/mol. The van der Waals surface area contributed by atoms with E-state index in [9.17, 15) is 75.7 Å². The Morgan fingerprint density at radius 2 is 0.763 bits per heavy atom. The number of carboxylic acid groups (broad SMARTS) is 1. The zero-order valence-electron chi connectivity index (χ0n) is 72.2. The number of carbonyl (C=O) groups is 3. The smallest absolute Gasteiger partial charge is 0.364 e. The lowest BCUT2D eigenvalue weighted by molar-refractivity contribution is -0.386. The number of aliphatic hydroxyl groups is 11. The van der Waals surface area contributed by atoms with Gasteiger partial charge >= 0.3 is 5.97 Å². The van der Waals surface area contributed by atoms with E-state index in [2.05, 4.69) is 24.5 Å². The van der Waals surface area contributed by atoms with Crippen LogP contribution in [0, 0.1) is 0 Å². The molecule has 114 heavy (non-hydrogen) atoms. The molecule has 3 rings (SSSR count). The Kier molecular flexibility index (Phi) is 64.4. The Bertz CT molecular complexity index is 2250. The summed E-state index contributed by atoms with van der Waals surface area (Å²) in [6.45, 7) is 2.30. The molecule has 23 nitrogen and oxygen atoms in total. The number of aliphatic hydroxyl groups excluding tert-OH is 11. The molecule has 674 valence electrons. The first-order valence-corrected chi connectivity index (χ1v) is 47.4. The number of amides is 2. The lowest BCUT2D eigenvalue weighted by atomic mass is 9.88. The summed E-state index contributed by atoms with van der Waals surface area (Å²) in [6, 6.07) is -2.53. The highest BCUT2D eigenvalue weighted by Gasteiger charge is 2.60. The number of unbranched alkanes of at least 4 members (excludes halogenated alkanes) is 58. The van der Waals surface area contributed by atoms with Crippen LogP contribution in [0.5, 0.6) is 0 Å². The van der Waals surface area contributed by atoms with Crippen molar-refractivity contribution < 1.29 is 104 Å². The number of carboxylic acids is 1. The normalized spacial score (nSPS) is 25.1. The molecule has 14 N–H and O–H groups in total. The Morgan fingerprint density at radius 1 is 0.421 bits per heavy atom. The van der Waals surface area contributed by atoms with Crippen LogP contribution in [0.4, 0.5) is 0 Å². The average Bonchev–Trinajstić information content (AvgIpc) is 0.753. The molecular weight excluding hydrogens is 1460 g/mol. The van der Waals surface area contributed by atoms with Gasteiger partial charge in [0, 0.05) is 19.8 Å². The van der Waals surface area contributed by atoms with Crippen LogP contribution < -0.4 is 10.6 Å². The molecule has 2 amide bonds. The minimum Gasteiger partial charge on any atom is -0.477 e. The fraction of sp³-hybridized carbons (Fsp3) is 0.967. The molecular formula is C91H174N2O21. The Balaban J connectivity index is 1.40. The first-order chi connectivity index (χ1) is 55.4. The topological polar surface area (TPSA) is 373 Å². The zero-order chi connectivity index (χ0) is 83.1. The zero-order valence-corrected chi connectivity index (χ0v) is 72.2. The van der Waals surface area contributed by atoms with Crippen molar-refractivity contribution in [2.75, 3.05) is 26.4 Å². The molecule has 3 aliphatic rings. The monoisotopic (exact) mass is 1630 g/mol. The molecule has 0 saturated carbocycles. The molecule has 0 radical (unpaired) electrons. The van der Waals surface area contributed by atoms with E-state index < -0.39 is 148 Å². The summed E-state index contributed by atoms with van der Waals surface area (Å²) in [5.74, 6) is -6.08. The van der Waals surface area contributed by atoms with E-state index in [1.165, 1.54) is 327 Å². The highest BCUT2D eigenvalue weighted by Crippen LogP contribution is 2.39. The van der Waals surface area contributed by atoms with Crippen LogP contribution in [0.1, 0.15) is 425 Å². The fourth-order valence-corrected chi connectivity index (χ4v) is 16.9. The van der Waals surface area contributed by atoms with E-state index in [0.29, 0.717) is 19.3 Å². The van der Waals surface area contributed by atoms with Gasteiger partial charge in [-0.05, 0) is 12.8 Å². The fourth-order valence-electron chi connectivity index (χ4n) is 16.9. The van der Waals surface area contributed by atoms with Gasteiger partial charge in [-0.2, -0.15) is 0 Å². The third-order valence-corrected chi connectivity index (χ3v) is 24.3. The van der Waals surface area contributed by atoms with Crippen molar-refractivity contribution >= 4 is 17.8 Å². The van der Waals surface area contributed by atoms with Crippen molar-refractivity contribution in [3.63, 3.8) is 0 Å². The number of hydrogen-bond acceptors (Lipinski definition) is 20. The Hall–Kier alpha value is -2.27. The van der Waals surface area contributed by atoms with Gasteiger partial charge in [-0.25, -0.2) is 4.79 Å². The molecule has 18 unspecified atom stereocenters. The molecule has 0 spiro atoms. The van der Waals surface area contributed by atoms with Gasteiger partial charge in [0.05, 0.1) is 50.7 Å². The van der Waals surface area contributed by atoms with E-state index in [1.807, 2.05) is 0 Å². The van der Waals surface area contributed by atoms with Crippen molar-refractivity contribution in [2.45, 2.75) is 535 Å². The molecule has 3 fully saturated rings. The molecule has 0 aromatic carbocycles. The molecule has 23 heteroatoms. The molecule has 0 aromatic rings. The molecule has 3 saturated heterocycles. The quantitative estimate of drug-likeness (QED) is 0.0252. The van der Waals surface area contributed by atoms with E-state index in [0.717, 1.165) is 51.9 Å². The van der Waals surface area contributed by atoms with Crippen molar-refractivity contribution in [1.82, 2.24) is 10.6 Å². The lowest BCUT2D eigenvalue weighted by Crippen LogP contribution is -2.70. The highest BCUT2D eigenvalue weighted by atomic mass is 16.8. The highest BCUT2D eigenvalue weighted by molar-refractivity contribution is 5.77. The van der Waals surface area contributed by atoms with Crippen molar-refractivity contribution in [3.05, 3.63) is 0 Å². The molecule has 18 atom stereocenters. The molecule has 3 aliphatic heterocycles. The number of nitrogens with one attached hydrogen (secondary N) is 2. The van der Waals surface area contributed by atoms with Crippen molar-refractivity contribution in [2.24, 2.45) is 0 Å². The first-order valence-electron chi connectivity index (χ1n) is 47.4. The summed E-state index contributed by atoms with van der Waals surface area (Å²) < 4.78 is 35.1. The largest absolute Gasteiger partial charge is 0.477 e. The number of hydrogen-bond donors (Lipinski definition) is 14. The molecule has 0 aliphatic carbocycles. The van der Waals surface area contributed by atoms with Gasteiger partial charge in [-0.1, -0.05) is 393 Å². The lowest BCUT2D eigenvalue weighted by Gasteiger charge is -2.50. The van der Waals surface area contributed by atoms with Crippen molar-refractivity contribution in [1.29, 1.82) is 0 Å². The van der Waals surface area contributed by atoms with Crippen LogP contribution in [0.2, 0.25) is 0 Å². The van der Waals surface area contributed by atoms with E-state index in [-0.39, 0.29) is 18.9 Å². The van der Waals surface area contributed by atoms with Gasteiger partial charge in [-0.15, -0.1) is 0 Å². The SMILES string of the molecule is CCCCCCCCCCCCCCCCCCCCCCCCCCCCCCCCCCCCCCCC(=O)NC(COC1OC(CO)C(OC2OC(CO)C(O)C(OC3(C(=O)O)CC(O)C(NC(C)=O)C(C(O)C(O)CO)O3)C2O)C(O)C1O)C(O)CCCCCCCCCCCCCCCCCCCCCCCCC. The van der Waals surface area contributed by atoms with E-state index >= 15 is 0 Å². The van der Waals surface area contributed by atoms with E-state index in [4.69, 9.17) is 28.4 Å². The maximum Gasteiger partial charge on any atom is 0.364 e. The van der Waals surface area contributed by atoms with Crippen LogP contribution >= 0.6 is 0 Å². The summed E-state index contributed by atoms with van der Waals surface area (Å²) in [5.41, 5.74) is 0. The third kappa shape index (κ3) is 47.2. The molecule has 0 aromatic heterocycles. The summed E-state index contributed by atoms with van der Waals surface area (Å²) >= 11 is 0. The van der Waals surface area contributed by atoms with E-state index in [1.54, 1.807) is 0 Å². The molecule has 3 heterocycles.